The topological polar surface area (TPSA) is 91.3 Å². The molecule has 2 rings (SSSR count). The molecule has 1 fully saturated rings. The number of hydrogen-bond acceptors (Lipinski definition) is 7. The Balaban J connectivity index is 2.13. The lowest BCUT2D eigenvalue weighted by atomic mass is 10.4. The summed E-state index contributed by atoms with van der Waals surface area (Å²) in [6.45, 7) is 3.92. The lowest BCUT2D eigenvalue weighted by Gasteiger charge is -2.18. The first-order valence-electron chi connectivity index (χ1n) is 8.06. The Labute approximate surface area is 138 Å². The molecule has 0 bridgehead atoms. The van der Waals surface area contributed by atoms with Crippen molar-refractivity contribution in [2.75, 3.05) is 42.7 Å². The lowest BCUT2D eigenvalue weighted by molar-refractivity contribution is 0.575. The first-order valence-corrected chi connectivity index (χ1v) is 9.71. The van der Waals surface area contributed by atoms with Crippen molar-refractivity contribution in [1.29, 1.82) is 0 Å². The maximum atomic E-state index is 11.9. The van der Waals surface area contributed by atoms with Crippen molar-refractivity contribution >= 4 is 21.9 Å². The third kappa shape index (κ3) is 5.28. The Kier molecular flexibility index (Phi) is 6.11. The molecule has 0 spiro atoms. The van der Waals surface area contributed by atoms with Crippen LogP contribution in [0.1, 0.15) is 38.4 Å². The highest BCUT2D eigenvalue weighted by molar-refractivity contribution is 7.89. The summed E-state index contributed by atoms with van der Waals surface area (Å²) in [5, 5.41) is 0. The summed E-state index contributed by atoms with van der Waals surface area (Å²) >= 11 is 0. The smallest absolute Gasteiger partial charge is 0.230 e. The summed E-state index contributed by atoms with van der Waals surface area (Å²) in [5.41, 5.74) is 0. The second-order valence-electron chi connectivity index (χ2n) is 5.93. The molecule has 1 aliphatic heterocycles. The van der Waals surface area contributed by atoms with Crippen LogP contribution in [0.5, 0.6) is 0 Å². The summed E-state index contributed by atoms with van der Waals surface area (Å²) in [5.74, 6) is 1.76. The summed E-state index contributed by atoms with van der Waals surface area (Å²) in [6, 6.07) is 0. The van der Waals surface area contributed by atoms with Crippen LogP contribution in [-0.4, -0.2) is 56.3 Å². The summed E-state index contributed by atoms with van der Waals surface area (Å²) in [6.07, 6.45) is 3.75. The van der Waals surface area contributed by atoms with Crippen LogP contribution in [0.25, 0.3) is 0 Å². The quantitative estimate of drug-likeness (QED) is 0.745. The number of sulfonamides is 1. The van der Waals surface area contributed by atoms with Gasteiger partial charge in [-0.05, 0) is 19.3 Å². The number of aromatic nitrogens is 3. The monoisotopic (exact) mass is 342 g/mol. The third-order valence-electron chi connectivity index (χ3n) is 3.66. The zero-order valence-corrected chi connectivity index (χ0v) is 14.9. The lowest BCUT2D eigenvalue weighted by Crippen LogP contribution is -2.29. The Morgan fingerprint density at radius 3 is 2.48 bits per heavy atom. The van der Waals surface area contributed by atoms with Crippen LogP contribution in [0.3, 0.4) is 0 Å². The van der Waals surface area contributed by atoms with Gasteiger partial charge in [0.1, 0.15) is 0 Å². The van der Waals surface area contributed by atoms with E-state index >= 15 is 0 Å². The molecule has 0 atom stereocenters. The van der Waals surface area contributed by atoms with Crippen molar-refractivity contribution in [3.05, 3.63) is 5.82 Å². The van der Waals surface area contributed by atoms with E-state index in [4.69, 9.17) is 0 Å². The molecule has 0 saturated carbocycles. The van der Waals surface area contributed by atoms with Gasteiger partial charge in [-0.1, -0.05) is 13.3 Å². The highest BCUT2D eigenvalue weighted by Crippen LogP contribution is 2.18. The molecule has 130 valence electrons. The highest BCUT2D eigenvalue weighted by atomic mass is 32.2. The molecule has 0 amide bonds. The second-order valence-corrected chi connectivity index (χ2v) is 7.86. The molecular weight excluding hydrogens is 316 g/mol. The van der Waals surface area contributed by atoms with Gasteiger partial charge >= 0.3 is 0 Å². The molecule has 1 aromatic heterocycles. The van der Waals surface area contributed by atoms with Gasteiger partial charge in [0.25, 0.3) is 0 Å². The van der Waals surface area contributed by atoms with Crippen molar-refractivity contribution in [3.8, 4) is 0 Å². The molecule has 0 aromatic carbocycles. The first-order chi connectivity index (χ1) is 10.9. The largest absolute Gasteiger partial charge is 0.347 e. The van der Waals surface area contributed by atoms with Crippen LogP contribution in [0.4, 0.5) is 11.9 Å². The van der Waals surface area contributed by atoms with Crippen molar-refractivity contribution in [1.82, 2.24) is 19.7 Å². The maximum Gasteiger partial charge on any atom is 0.230 e. The van der Waals surface area contributed by atoms with E-state index in [9.17, 15) is 8.42 Å². The highest BCUT2D eigenvalue weighted by Gasteiger charge is 2.19. The van der Waals surface area contributed by atoms with Gasteiger partial charge in [-0.25, -0.2) is 13.1 Å². The minimum atomic E-state index is -3.28. The predicted molar refractivity (Wildman–Crippen MR) is 91.1 cm³/mol. The van der Waals surface area contributed by atoms with Crippen molar-refractivity contribution in [2.45, 2.75) is 39.2 Å². The van der Waals surface area contributed by atoms with Gasteiger partial charge < -0.3 is 9.80 Å². The van der Waals surface area contributed by atoms with Gasteiger partial charge in [-0.2, -0.15) is 15.0 Å². The van der Waals surface area contributed by atoms with Crippen LogP contribution in [0, 0.1) is 0 Å². The van der Waals surface area contributed by atoms with Crippen LogP contribution >= 0.6 is 0 Å². The standard InChI is InChI=1S/C14H26N6O2S/c1-4-5-10-23(21,22)15-11-12-16-13(19(2)3)18-14(17-12)20-8-6-7-9-20/h15H,4-11H2,1-3H3. The molecule has 0 unspecified atom stereocenters. The van der Waals surface area contributed by atoms with Gasteiger partial charge in [0.15, 0.2) is 5.82 Å². The molecule has 0 aliphatic carbocycles. The number of anilines is 2. The molecule has 23 heavy (non-hydrogen) atoms. The average molecular weight is 342 g/mol. The molecule has 0 radical (unpaired) electrons. The van der Waals surface area contributed by atoms with E-state index in [1.807, 2.05) is 21.0 Å². The zero-order valence-electron chi connectivity index (χ0n) is 14.1. The maximum absolute atomic E-state index is 11.9. The molecule has 1 aliphatic rings. The molecule has 1 saturated heterocycles. The number of nitrogens with one attached hydrogen (secondary N) is 1. The summed E-state index contributed by atoms with van der Waals surface area (Å²) < 4.78 is 26.4. The molecule has 9 heteroatoms. The van der Waals surface area contributed by atoms with E-state index in [2.05, 4.69) is 24.6 Å². The van der Waals surface area contributed by atoms with Gasteiger partial charge in [0, 0.05) is 27.2 Å². The second kappa shape index (κ2) is 7.87. The van der Waals surface area contributed by atoms with E-state index in [-0.39, 0.29) is 12.3 Å². The van der Waals surface area contributed by atoms with Crippen LogP contribution in [-0.2, 0) is 16.6 Å². The van der Waals surface area contributed by atoms with Crippen LogP contribution in [0.2, 0.25) is 0 Å². The van der Waals surface area contributed by atoms with Crippen molar-refractivity contribution in [2.24, 2.45) is 0 Å². The number of hydrogen-bond donors (Lipinski definition) is 1. The fourth-order valence-corrected chi connectivity index (χ4v) is 3.48. The fourth-order valence-electron chi connectivity index (χ4n) is 2.31. The third-order valence-corrected chi connectivity index (χ3v) is 5.07. The predicted octanol–water partition coefficient (Wildman–Crippen LogP) is 0.757. The van der Waals surface area contributed by atoms with Crippen molar-refractivity contribution in [3.63, 3.8) is 0 Å². The first kappa shape index (κ1) is 17.9. The van der Waals surface area contributed by atoms with Crippen LogP contribution in [0.15, 0.2) is 0 Å². The normalized spacial score (nSPS) is 15.2. The summed E-state index contributed by atoms with van der Waals surface area (Å²) in [4.78, 5) is 17.1. The van der Waals surface area contributed by atoms with Gasteiger partial charge in [0.05, 0.1) is 12.3 Å². The number of unbranched alkanes of at least 4 members (excludes halogenated alkanes) is 1. The SMILES string of the molecule is CCCCS(=O)(=O)NCc1nc(N(C)C)nc(N2CCCC2)n1. The van der Waals surface area contributed by atoms with Gasteiger partial charge in [-0.15, -0.1) is 0 Å². The number of nitrogens with zero attached hydrogens (tertiary/aromatic N) is 5. The van der Waals surface area contributed by atoms with E-state index in [0.29, 0.717) is 24.1 Å². The van der Waals surface area contributed by atoms with Crippen LogP contribution < -0.4 is 14.5 Å². The fraction of sp³-hybridized carbons (Fsp3) is 0.786. The van der Waals surface area contributed by atoms with E-state index < -0.39 is 10.0 Å². The average Bonchev–Trinajstić information content (AvgIpc) is 3.05. The molecule has 2 heterocycles. The number of rotatable bonds is 8. The van der Waals surface area contributed by atoms with E-state index in [1.165, 1.54) is 0 Å². The molecule has 1 N–H and O–H groups in total. The molecular formula is C14H26N6O2S. The summed E-state index contributed by atoms with van der Waals surface area (Å²) in [7, 11) is 0.434. The van der Waals surface area contributed by atoms with E-state index in [0.717, 1.165) is 32.4 Å². The van der Waals surface area contributed by atoms with Gasteiger partial charge in [-0.3, -0.25) is 0 Å². The molecule has 1 aromatic rings. The van der Waals surface area contributed by atoms with Crippen molar-refractivity contribution < 1.29 is 8.42 Å². The van der Waals surface area contributed by atoms with Gasteiger partial charge in [0.2, 0.25) is 21.9 Å². The van der Waals surface area contributed by atoms with E-state index in [1.54, 1.807) is 4.90 Å². The Bertz CT molecular complexity index is 614. The zero-order chi connectivity index (χ0) is 16.9. The minimum Gasteiger partial charge on any atom is -0.347 e. The Hall–Kier alpha value is -1.48. The Morgan fingerprint density at radius 1 is 1.17 bits per heavy atom. The Morgan fingerprint density at radius 2 is 1.87 bits per heavy atom. The molecule has 8 nitrogen and oxygen atoms in total. The minimum absolute atomic E-state index is 0.0935.